The number of rotatable bonds is 1. The zero-order chi connectivity index (χ0) is 12.0. The Labute approximate surface area is 104 Å². The summed E-state index contributed by atoms with van der Waals surface area (Å²) < 4.78 is 0. The van der Waals surface area contributed by atoms with Gasteiger partial charge in [-0.3, -0.25) is 4.79 Å². The number of carbonyl (C=O) groups excluding carboxylic acids is 1. The maximum atomic E-state index is 12.6. The third kappa shape index (κ3) is 1.70. The molecule has 3 aliphatic rings. The summed E-state index contributed by atoms with van der Waals surface area (Å²) in [7, 11) is 0. The monoisotopic (exact) mass is 236 g/mol. The second-order valence-corrected chi connectivity index (χ2v) is 6.61. The average Bonchev–Trinajstić information content (AvgIpc) is 2.97. The largest absolute Gasteiger partial charge is 0.337 e. The predicted octanol–water partition coefficient (Wildman–Crippen LogP) is 1.63. The van der Waals surface area contributed by atoms with E-state index in [2.05, 4.69) is 24.1 Å². The number of nitrogens with zero attached hydrogens (tertiary/aromatic N) is 1. The lowest BCUT2D eigenvalue weighted by Gasteiger charge is -2.37. The molecule has 0 aromatic carbocycles. The minimum Gasteiger partial charge on any atom is -0.337 e. The van der Waals surface area contributed by atoms with E-state index >= 15 is 0 Å². The zero-order valence-corrected chi connectivity index (χ0v) is 11.0. The van der Waals surface area contributed by atoms with Crippen molar-refractivity contribution in [2.75, 3.05) is 19.6 Å². The highest BCUT2D eigenvalue weighted by atomic mass is 16.2. The van der Waals surface area contributed by atoms with E-state index in [0.717, 1.165) is 32.5 Å². The number of hydrogen-bond donors (Lipinski definition) is 1. The Morgan fingerprint density at radius 2 is 1.94 bits per heavy atom. The molecule has 3 rings (SSSR count). The predicted molar refractivity (Wildman–Crippen MR) is 67.6 cm³/mol. The maximum absolute atomic E-state index is 12.6. The van der Waals surface area contributed by atoms with E-state index in [9.17, 15) is 4.79 Å². The summed E-state index contributed by atoms with van der Waals surface area (Å²) in [5.74, 6) is 2.13. The van der Waals surface area contributed by atoms with Crippen molar-refractivity contribution in [2.45, 2.75) is 45.1 Å². The quantitative estimate of drug-likeness (QED) is 0.750. The van der Waals surface area contributed by atoms with E-state index in [1.165, 1.54) is 12.8 Å². The van der Waals surface area contributed by atoms with Gasteiger partial charge in [0.15, 0.2) is 0 Å². The molecule has 0 aromatic rings. The van der Waals surface area contributed by atoms with E-state index in [1.54, 1.807) is 0 Å². The van der Waals surface area contributed by atoms with Crippen LogP contribution in [0.4, 0.5) is 0 Å². The SMILES string of the molecule is CC1(C)C2CNCC2CN1C(=O)C1CCCC1. The third-order valence-corrected chi connectivity index (χ3v) is 5.33. The van der Waals surface area contributed by atoms with Gasteiger partial charge in [-0.25, -0.2) is 0 Å². The van der Waals surface area contributed by atoms with Crippen LogP contribution in [0.3, 0.4) is 0 Å². The first-order chi connectivity index (χ1) is 8.10. The molecule has 3 fully saturated rings. The Morgan fingerprint density at radius 3 is 2.59 bits per heavy atom. The molecule has 1 amide bonds. The van der Waals surface area contributed by atoms with Crippen LogP contribution >= 0.6 is 0 Å². The van der Waals surface area contributed by atoms with Gasteiger partial charge < -0.3 is 10.2 Å². The molecule has 2 heterocycles. The van der Waals surface area contributed by atoms with Crippen LogP contribution in [-0.4, -0.2) is 36.0 Å². The van der Waals surface area contributed by atoms with E-state index in [-0.39, 0.29) is 5.54 Å². The van der Waals surface area contributed by atoms with Gasteiger partial charge in [-0.1, -0.05) is 12.8 Å². The lowest BCUT2D eigenvalue weighted by atomic mass is 9.84. The number of amides is 1. The number of likely N-dealkylation sites (tertiary alicyclic amines) is 1. The Balaban J connectivity index is 1.77. The van der Waals surface area contributed by atoms with Crippen LogP contribution in [0.25, 0.3) is 0 Å². The lowest BCUT2D eigenvalue weighted by Crippen LogP contribution is -2.49. The van der Waals surface area contributed by atoms with Crippen molar-refractivity contribution in [1.29, 1.82) is 0 Å². The van der Waals surface area contributed by atoms with E-state index in [0.29, 0.717) is 23.7 Å². The van der Waals surface area contributed by atoms with Gasteiger partial charge in [0.2, 0.25) is 5.91 Å². The third-order valence-electron chi connectivity index (χ3n) is 5.33. The fraction of sp³-hybridized carbons (Fsp3) is 0.929. The first-order valence-electron chi connectivity index (χ1n) is 7.13. The van der Waals surface area contributed by atoms with Gasteiger partial charge in [0, 0.05) is 31.1 Å². The van der Waals surface area contributed by atoms with Gasteiger partial charge in [0.05, 0.1) is 0 Å². The number of hydrogen-bond acceptors (Lipinski definition) is 2. The van der Waals surface area contributed by atoms with Gasteiger partial charge in [-0.15, -0.1) is 0 Å². The van der Waals surface area contributed by atoms with Crippen molar-refractivity contribution in [3.63, 3.8) is 0 Å². The smallest absolute Gasteiger partial charge is 0.226 e. The first-order valence-corrected chi connectivity index (χ1v) is 7.13. The summed E-state index contributed by atoms with van der Waals surface area (Å²) in [6.45, 7) is 7.70. The second kappa shape index (κ2) is 3.98. The number of fused-ring (bicyclic) bond motifs is 1. The summed E-state index contributed by atoms with van der Waals surface area (Å²) in [6, 6.07) is 0. The van der Waals surface area contributed by atoms with Crippen LogP contribution in [0.2, 0.25) is 0 Å². The lowest BCUT2D eigenvalue weighted by molar-refractivity contribution is -0.139. The summed E-state index contributed by atoms with van der Waals surface area (Å²) in [5, 5.41) is 3.47. The standard InChI is InChI=1S/C14H24N2O/c1-14(2)12-8-15-7-11(12)9-16(14)13(17)10-5-3-4-6-10/h10-12,15H,3-9H2,1-2H3. The fourth-order valence-electron chi connectivity index (χ4n) is 4.19. The van der Waals surface area contributed by atoms with Crippen molar-refractivity contribution in [3.05, 3.63) is 0 Å². The van der Waals surface area contributed by atoms with Crippen LogP contribution in [0.5, 0.6) is 0 Å². The van der Waals surface area contributed by atoms with Gasteiger partial charge >= 0.3 is 0 Å². The molecule has 1 aliphatic carbocycles. The Bertz CT molecular complexity index is 320. The molecular weight excluding hydrogens is 212 g/mol. The second-order valence-electron chi connectivity index (χ2n) is 6.61. The van der Waals surface area contributed by atoms with E-state index in [1.807, 2.05) is 0 Å². The highest BCUT2D eigenvalue weighted by molar-refractivity contribution is 5.80. The van der Waals surface area contributed by atoms with E-state index < -0.39 is 0 Å². The molecule has 2 atom stereocenters. The Hall–Kier alpha value is -0.570. The normalized spacial score (nSPS) is 36.5. The number of nitrogens with one attached hydrogen (secondary N) is 1. The highest BCUT2D eigenvalue weighted by Gasteiger charge is 2.52. The summed E-state index contributed by atoms with van der Waals surface area (Å²) in [5.41, 5.74) is 0.0633. The molecule has 2 saturated heterocycles. The van der Waals surface area contributed by atoms with Gasteiger partial charge in [-0.05, 0) is 38.5 Å². The molecule has 3 nitrogen and oxygen atoms in total. The van der Waals surface area contributed by atoms with Crippen molar-refractivity contribution < 1.29 is 4.79 Å². The van der Waals surface area contributed by atoms with Crippen LogP contribution < -0.4 is 5.32 Å². The van der Waals surface area contributed by atoms with Crippen LogP contribution in [0.15, 0.2) is 0 Å². The van der Waals surface area contributed by atoms with Crippen LogP contribution in [0, 0.1) is 17.8 Å². The minimum atomic E-state index is 0.0633. The molecule has 0 bridgehead atoms. The fourth-order valence-corrected chi connectivity index (χ4v) is 4.19. The molecule has 1 N–H and O–H groups in total. The molecule has 0 radical (unpaired) electrons. The first kappa shape index (κ1) is 11.5. The molecule has 1 saturated carbocycles. The van der Waals surface area contributed by atoms with Gasteiger partial charge in [0.25, 0.3) is 0 Å². The van der Waals surface area contributed by atoms with Crippen molar-refractivity contribution in [2.24, 2.45) is 17.8 Å². The van der Waals surface area contributed by atoms with Crippen molar-refractivity contribution in [3.8, 4) is 0 Å². The zero-order valence-electron chi connectivity index (χ0n) is 11.0. The number of carbonyl (C=O) groups is 1. The minimum absolute atomic E-state index is 0.0633. The van der Waals surface area contributed by atoms with Gasteiger partial charge in [-0.2, -0.15) is 0 Å². The average molecular weight is 236 g/mol. The molecule has 17 heavy (non-hydrogen) atoms. The topological polar surface area (TPSA) is 32.3 Å². The molecule has 96 valence electrons. The molecule has 3 heteroatoms. The highest BCUT2D eigenvalue weighted by Crippen LogP contribution is 2.42. The molecular formula is C14H24N2O. The molecule has 0 aromatic heterocycles. The van der Waals surface area contributed by atoms with Crippen LogP contribution in [-0.2, 0) is 4.79 Å². The van der Waals surface area contributed by atoms with E-state index in [4.69, 9.17) is 0 Å². The van der Waals surface area contributed by atoms with Crippen molar-refractivity contribution >= 4 is 5.91 Å². The summed E-state index contributed by atoms with van der Waals surface area (Å²) >= 11 is 0. The molecule has 2 unspecified atom stereocenters. The maximum Gasteiger partial charge on any atom is 0.226 e. The summed E-state index contributed by atoms with van der Waals surface area (Å²) in [6.07, 6.45) is 4.75. The Kier molecular flexibility index (Phi) is 2.69. The van der Waals surface area contributed by atoms with Crippen molar-refractivity contribution in [1.82, 2.24) is 10.2 Å². The summed E-state index contributed by atoms with van der Waals surface area (Å²) in [4.78, 5) is 14.8. The molecule has 2 aliphatic heterocycles. The molecule has 0 spiro atoms. The van der Waals surface area contributed by atoms with Gasteiger partial charge in [0.1, 0.15) is 0 Å². The Morgan fingerprint density at radius 1 is 1.24 bits per heavy atom. The van der Waals surface area contributed by atoms with Crippen LogP contribution in [0.1, 0.15) is 39.5 Å².